The lowest BCUT2D eigenvalue weighted by Crippen LogP contribution is -2.47. The van der Waals surface area contributed by atoms with Gasteiger partial charge in [-0.15, -0.1) is 0 Å². The maximum absolute atomic E-state index is 11.4. The number of hydrogen-bond acceptors (Lipinski definition) is 3. The summed E-state index contributed by atoms with van der Waals surface area (Å²) in [5.41, 5.74) is -1.42. The molecule has 0 unspecified atom stereocenters. The largest absolute Gasteiger partial charge is 0.481 e. The van der Waals surface area contributed by atoms with E-state index in [-0.39, 0.29) is 6.54 Å². The van der Waals surface area contributed by atoms with Crippen LogP contribution in [-0.4, -0.2) is 42.9 Å². The van der Waals surface area contributed by atoms with Gasteiger partial charge < -0.3 is 20.5 Å². The van der Waals surface area contributed by atoms with Crippen molar-refractivity contribution in [1.82, 2.24) is 10.6 Å². The fourth-order valence-electron chi connectivity index (χ4n) is 0.805. The average Bonchev–Trinajstić information content (AvgIpc) is 2.23. The number of methoxy groups -OCH3 is 1. The van der Waals surface area contributed by atoms with Crippen LogP contribution >= 0.6 is 0 Å². The Morgan fingerprint density at radius 1 is 1.12 bits per heavy atom. The SMILES string of the molecule is COC(C)(C)CNC(=O)NCC(C)(C)C(=O)O. The van der Waals surface area contributed by atoms with E-state index in [2.05, 4.69) is 10.6 Å². The molecule has 0 radical (unpaired) electrons. The van der Waals surface area contributed by atoms with Gasteiger partial charge in [-0.25, -0.2) is 4.79 Å². The highest BCUT2D eigenvalue weighted by molar-refractivity contribution is 5.77. The van der Waals surface area contributed by atoms with Crippen LogP contribution in [0.2, 0.25) is 0 Å². The van der Waals surface area contributed by atoms with Crippen LogP contribution in [0.15, 0.2) is 0 Å². The average molecular weight is 246 g/mol. The number of amides is 2. The van der Waals surface area contributed by atoms with E-state index >= 15 is 0 Å². The number of aliphatic carboxylic acids is 1. The van der Waals surface area contributed by atoms with E-state index in [1.54, 1.807) is 21.0 Å². The number of rotatable bonds is 6. The molecule has 0 saturated carbocycles. The van der Waals surface area contributed by atoms with Crippen LogP contribution in [0.25, 0.3) is 0 Å². The molecule has 0 heterocycles. The van der Waals surface area contributed by atoms with E-state index in [9.17, 15) is 9.59 Å². The number of hydrogen-bond donors (Lipinski definition) is 3. The Kier molecular flexibility index (Phi) is 5.41. The Morgan fingerprint density at radius 2 is 1.59 bits per heavy atom. The lowest BCUT2D eigenvalue weighted by Gasteiger charge is -2.24. The van der Waals surface area contributed by atoms with Gasteiger partial charge in [-0.05, 0) is 27.7 Å². The summed E-state index contributed by atoms with van der Waals surface area (Å²) in [4.78, 5) is 22.2. The highest BCUT2D eigenvalue weighted by Crippen LogP contribution is 2.12. The van der Waals surface area contributed by atoms with Crippen molar-refractivity contribution in [1.29, 1.82) is 0 Å². The van der Waals surface area contributed by atoms with E-state index in [0.717, 1.165) is 0 Å². The topological polar surface area (TPSA) is 87.7 Å². The van der Waals surface area contributed by atoms with Gasteiger partial charge in [0.2, 0.25) is 0 Å². The third kappa shape index (κ3) is 6.11. The molecule has 6 nitrogen and oxygen atoms in total. The highest BCUT2D eigenvalue weighted by Gasteiger charge is 2.27. The molecule has 0 fully saturated rings. The number of carboxylic acid groups (broad SMARTS) is 1. The van der Waals surface area contributed by atoms with Crippen molar-refractivity contribution in [2.75, 3.05) is 20.2 Å². The van der Waals surface area contributed by atoms with Crippen LogP contribution < -0.4 is 10.6 Å². The zero-order chi connectivity index (χ0) is 13.7. The molecule has 0 aromatic rings. The second-order valence-electron chi connectivity index (χ2n) is 5.19. The van der Waals surface area contributed by atoms with Crippen molar-refractivity contribution in [3.63, 3.8) is 0 Å². The smallest absolute Gasteiger partial charge is 0.314 e. The first-order valence-corrected chi connectivity index (χ1v) is 5.41. The molecule has 100 valence electrons. The van der Waals surface area contributed by atoms with Crippen LogP contribution in [0.1, 0.15) is 27.7 Å². The van der Waals surface area contributed by atoms with Gasteiger partial charge in [-0.3, -0.25) is 4.79 Å². The fourth-order valence-corrected chi connectivity index (χ4v) is 0.805. The third-order valence-electron chi connectivity index (χ3n) is 2.50. The molecule has 0 aliphatic carbocycles. The van der Waals surface area contributed by atoms with E-state index in [1.165, 1.54) is 0 Å². The van der Waals surface area contributed by atoms with Crippen LogP contribution in [0.4, 0.5) is 4.79 Å². The lowest BCUT2D eigenvalue weighted by atomic mass is 9.94. The Hall–Kier alpha value is -1.30. The summed E-state index contributed by atoms with van der Waals surface area (Å²) in [5, 5.41) is 14.0. The number of carbonyl (C=O) groups excluding carboxylic acids is 1. The third-order valence-corrected chi connectivity index (χ3v) is 2.50. The van der Waals surface area contributed by atoms with Gasteiger partial charge in [-0.1, -0.05) is 0 Å². The van der Waals surface area contributed by atoms with Gasteiger partial charge in [0, 0.05) is 20.2 Å². The Morgan fingerprint density at radius 3 is 2.00 bits per heavy atom. The molecule has 2 amide bonds. The fraction of sp³-hybridized carbons (Fsp3) is 0.818. The minimum absolute atomic E-state index is 0.0710. The molecule has 0 aliphatic rings. The number of ether oxygens (including phenoxy) is 1. The zero-order valence-electron chi connectivity index (χ0n) is 11.1. The van der Waals surface area contributed by atoms with E-state index in [0.29, 0.717) is 6.54 Å². The molecule has 0 aromatic carbocycles. The second-order valence-corrected chi connectivity index (χ2v) is 5.19. The summed E-state index contributed by atoms with van der Waals surface area (Å²) in [5.74, 6) is -0.949. The Balaban J connectivity index is 4.01. The molecule has 0 spiro atoms. The van der Waals surface area contributed by atoms with E-state index < -0.39 is 23.0 Å². The van der Waals surface area contributed by atoms with Gasteiger partial charge in [0.05, 0.1) is 11.0 Å². The van der Waals surface area contributed by atoms with Crippen molar-refractivity contribution in [2.45, 2.75) is 33.3 Å². The monoisotopic (exact) mass is 246 g/mol. The summed E-state index contributed by atoms with van der Waals surface area (Å²) in [6.07, 6.45) is 0. The van der Waals surface area contributed by atoms with Crippen LogP contribution in [0, 0.1) is 5.41 Å². The van der Waals surface area contributed by atoms with Crippen molar-refractivity contribution in [3.8, 4) is 0 Å². The highest BCUT2D eigenvalue weighted by atomic mass is 16.5. The van der Waals surface area contributed by atoms with Crippen LogP contribution in [-0.2, 0) is 9.53 Å². The summed E-state index contributed by atoms with van der Waals surface area (Å²) >= 11 is 0. The molecule has 6 heteroatoms. The summed E-state index contributed by atoms with van der Waals surface area (Å²) in [6, 6.07) is -0.399. The predicted octanol–water partition coefficient (Wildman–Crippen LogP) is 0.821. The molecule has 0 atom stereocenters. The molecule has 0 aliphatic heterocycles. The van der Waals surface area contributed by atoms with Gasteiger partial charge >= 0.3 is 12.0 Å². The van der Waals surface area contributed by atoms with Gasteiger partial charge in [0.1, 0.15) is 0 Å². The maximum atomic E-state index is 11.4. The molecule has 0 bridgehead atoms. The van der Waals surface area contributed by atoms with Gasteiger partial charge in [-0.2, -0.15) is 0 Å². The van der Waals surface area contributed by atoms with Crippen molar-refractivity contribution in [3.05, 3.63) is 0 Å². The zero-order valence-corrected chi connectivity index (χ0v) is 11.1. The molecular weight excluding hydrogens is 224 g/mol. The molecule has 17 heavy (non-hydrogen) atoms. The first-order valence-electron chi connectivity index (χ1n) is 5.41. The summed E-state index contributed by atoms with van der Waals surface area (Å²) in [7, 11) is 1.56. The molecule has 0 saturated heterocycles. The molecule has 0 rings (SSSR count). The van der Waals surface area contributed by atoms with E-state index in [1.807, 2.05) is 13.8 Å². The lowest BCUT2D eigenvalue weighted by molar-refractivity contribution is -0.146. The first kappa shape index (κ1) is 15.7. The van der Waals surface area contributed by atoms with E-state index in [4.69, 9.17) is 9.84 Å². The van der Waals surface area contributed by atoms with Crippen molar-refractivity contribution >= 4 is 12.0 Å². The van der Waals surface area contributed by atoms with Crippen molar-refractivity contribution in [2.24, 2.45) is 5.41 Å². The standard InChI is InChI=1S/C11H22N2O4/c1-10(2,8(14)15)6-12-9(16)13-7-11(3,4)17-5/h6-7H2,1-5H3,(H,14,15)(H2,12,13,16). The second kappa shape index (κ2) is 5.86. The predicted molar refractivity (Wildman–Crippen MR) is 63.9 cm³/mol. The van der Waals surface area contributed by atoms with Crippen molar-refractivity contribution < 1.29 is 19.4 Å². The summed E-state index contributed by atoms with van der Waals surface area (Å²) < 4.78 is 5.14. The van der Waals surface area contributed by atoms with Crippen LogP contribution in [0.3, 0.4) is 0 Å². The maximum Gasteiger partial charge on any atom is 0.314 e. The normalized spacial score (nSPS) is 12.1. The minimum Gasteiger partial charge on any atom is -0.481 e. The Labute approximate surface area is 102 Å². The van der Waals surface area contributed by atoms with Gasteiger partial charge in [0.15, 0.2) is 0 Å². The number of carbonyl (C=O) groups is 2. The number of carboxylic acids is 1. The first-order chi connectivity index (χ1) is 7.60. The number of nitrogens with one attached hydrogen (secondary N) is 2. The minimum atomic E-state index is -0.978. The van der Waals surface area contributed by atoms with Crippen LogP contribution in [0.5, 0.6) is 0 Å². The molecule has 0 aromatic heterocycles. The molecular formula is C11H22N2O4. The molecule has 3 N–H and O–H groups in total. The summed E-state index contributed by atoms with van der Waals surface area (Å²) in [6.45, 7) is 7.21. The Bertz CT molecular complexity index is 287. The van der Waals surface area contributed by atoms with Gasteiger partial charge in [0.25, 0.3) is 0 Å². The quantitative estimate of drug-likeness (QED) is 0.647. The number of urea groups is 1.